The van der Waals surface area contributed by atoms with Crippen LogP contribution >= 0.6 is 0 Å². The van der Waals surface area contributed by atoms with Crippen LogP contribution in [0.2, 0.25) is 0 Å². The molecule has 0 spiro atoms. The molecule has 1 heterocycles. The Morgan fingerprint density at radius 2 is 1.94 bits per heavy atom. The summed E-state index contributed by atoms with van der Waals surface area (Å²) in [5.41, 5.74) is 0.605. The van der Waals surface area contributed by atoms with Gasteiger partial charge in [-0.25, -0.2) is 14.1 Å². The summed E-state index contributed by atoms with van der Waals surface area (Å²) in [6, 6.07) is 2.81. The third kappa shape index (κ3) is 1.44. The van der Waals surface area contributed by atoms with E-state index in [0.717, 1.165) is 6.07 Å². The van der Waals surface area contributed by atoms with Crippen molar-refractivity contribution in [2.24, 2.45) is 0 Å². The van der Waals surface area contributed by atoms with Crippen LogP contribution in [-0.2, 0) is 9.59 Å². The average Bonchev–Trinajstić information content (AvgIpc) is 2.46. The Morgan fingerprint density at radius 1 is 1.25 bits per heavy atom. The number of carbonyl (C=O) groups is 3. The number of anilines is 1. The normalized spacial score (nSPS) is 15.6. The van der Waals surface area contributed by atoms with Gasteiger partial charge in [0.2, 0.25) is 0 Å². The van der Waals surface area contributed by atoms with Gasteiger partial charge in [0, 0.05) is 0 Å². The highest BCUT2D eigenvalue weighted by Gasteiger charge is 2.38. The van der Waals surface area contributed by atoms with Crippen molar-refractivity contribution in [2.45, 2.75) is 6.92 Å². The van der Waals surface area contributed by atoms with E-state index in [9.17, 15) is 18.8 Å². The molecule has 6 heteroatoms. The molecule has 2 rings (SSSR count). The highest BCUT2D eigenvalue weighted by atomic mass is 19.1. The Bertz CT molecular complexity index is 513. The lowest BCUT2D eigenvalue weighted by molar-refractivity contribution is -0.134. The molecule has 0 unspecified atom stereocenters. The van der Waals surface area contributed by atoms with Crippen molar-refractivity contribution in [3.63, 3.8) is 0 Å². The summed E-state index contributed by atoms with van der Waals surface area (Å²) in [5.74, 6) is -2.59. The Morgan fingerprint density at radius 3 is 2.50 bits per heavy atom. The minimum absolute atomic E-state index is 0.0772. The molecule has 1 aliphatic heterocycles. The van der Waals surface area contributed by atoms with Crippen LogP contribution in [0.25, 0.3) is 0 Å². The number of benzene rings is 1. The summed E-state index contributed by atoms with van der Waals surface area (Å²) < 4.78 is 13.0. The van der Waals surface area contributed by atoms with E-state index in [2.05, 4.69) is 0 Å². The van der Waals surface area contributed by atoms with Gasteiger partial charge in [0.1, 0.15) is 5.82 Å². The zero-order valence-electron chi connectivity index (χ0n) is 8.28. The minimum atomic E-state index is -1.01. The first-order valence-corrected chi connectivity index (χ1v) is 4.46. The van der Waals surface area contributed by atoms with Gasteiger partial charge in [-0.15, -0.1) is 0 Å². The molecule has 0 bridgehead atoms. The molecule has 4 amide bonds. The van der Waals surface area contributed by atoms with Gasteiger partial charge in [-0.3, -0.25) is 14.9 Å². The highest BCUT2D eigenvalue weighted by molar-refractivity contribution is 6.53. The van der Waals surface area contributed by atoms with E-state index in [1.54, 1.807) is 6.92 Å². The van der Waals surface area contributed by atoms with E-state index >= 15 is 0 Å². The van der Waals surface area contributed by atoms with Gasteiger partial charge in [-0.1, -0.05) is 6.07 Å². The van der Waals surface area contributed by atoms with Crippen molar-refractivity contribution < 1.29 is 18.8 Å². The van der Waals surface area contributed by atoms with E-state index < -0.39 is 23.7 Å². The number of nitrogens with one attached hydrogen (secondary N) is 1. The molecule has 0 atom stereocenters. The van der Waals surface area contributed by atoms with E-state index in [1.165, 1.54) is 12.1 Å². The fourth-order valence-corrected chi connectivity index (χ4v) is 1.44. The Kier molecular flexibility index (Phi) is 2.19. The van der Waals surface area contributed by atoms with Gasteiger partial charge in [-0.05, 0) is 24.6 Å². The molecule has 1 N–H and O–H groups in total. The predicted molar refractivity (Wildman–Crippen MR) is 52.2 cm³/mol. The Balaban J connectivity index is 2.52. The van der Waals surface area contributed by atoms with Gasteiger partial charge in [0.25, 0.3) is 0 Å². The lowest BCUT2D eigenvalue weighted by Gasteiger charge is -2.13. The Labute approximate surface area is 89.8 Å². The summed E-state index contributed by atoms with van der Waals surface area (Å²) in [4.78, 5) is 34.2. The molecule has 16 heavy (non-hydrogen) atoms. The number of urea groups is 1. The standard InChI is InChI=1S/C10H7FN2O3/c1-5-2-3-6(11)4-7(5)13-9(15)8(14)12-10(13)16/h2-4H,1H3,(H,12,14,16). The van der Waals surface area contributed by atoms with Crippen molar-refractivity contribution in [1.82, 2.24) is 5.32 Å². The number of nitrogens with zero attached hydrogens (tertiary/aromatic N) is 1. The van der Waals surface area contributed by atoms with Crippen LogP contribution < -0.4 is 10.2 Å². The van der Waals surface area contributed by atoms with Crippen molar-refractivity contribution in [3.8, 4) is 0 Å². The van der Waals surface area contributed by atoms with Crippen LogP contribution in [0.3, 0.4) is 0 Å². The first kappa shape index (κ1) is 10.3. The fourth-order valence-electron chi connectivity index (χ4n) is 1.44. The fraction of sp³-hybridized carbons (Fsp3) is 0.100. The topological polar surface area (TPSA) is 66.5 Å². The van der Waals surface area contributed by atoms with Crippen LogP contribution in [0.5, 0.6) is 0 Å². The monoisotopic (exact) mass is 222 g/mol. The molecule has 0 saturated carbocycles. The lowest BCUT2D eigenvalue weighted by atomic mass is 10.2. The summed E-state index contributed by atoms with van der Waals surface area (Å²) >= 11 is 0. The Hall–Kier alpha value is -2.24. The van der Waals surface area contributed by atoms with E-state index in [1.807, 2.05) is 5.32 Å². The quantitative estimate of drug-likeness (QED) is 0.562. The first-order valence-electron chi connectivity index (χ1n) is 4.46. The van der Waals surface area contributed by atoms with Crippen molar-refractivity contribution >= 4 is 23.5 Å². The third-order valence-electron chi connectivity index (χ3n) is 2.23. The van der Waals surface area contributed by atoms with Gasteiger partial charge in [-0.2, -0.15) is 0 Å². The van der Waals surface area contributed by atoms with Crippen LogP contribution in [0.15, 0.2) is 18.2 Å². The molecule has 1 saturated heterocycles. The maximum Gasteiger partial charge on any atom is 0.336 e. The maximum absolute atomic E-state index is 13.0. The highest BCUT2D eigenvalue weighted by Crippen LogP contribution is 2.23. The molecule has 82 valence electrons. The second-order valence-electron chi connectivity index (χ2n) is 3.33. The summed E-state index contributed by atoms with van der Waals surface area (Å²) in [6.07, 6.45) is 0. The summed E-state index contributed by atoms with van der Waals surface area (Å²) in [5, 5.41) is 1.84. The summed E-state index contributed by atoms with van der Waals surface area (Å²) in [6.45, 7) is 1.61. The molecule has 1 fully saturated rings. The number of hydrogen-bond acceptors (Lipinski definition) is 3. The summed E-state index contributed by atoms with van der Waals surface area (Å²) in [7, 11) is 0. The number of rotatable bonds is 1. The number of halogens is 1. The van der Waals surface area contributed by atoms with Crippen LogP contribution in [-0.4, -0.2) is 17.8 Å². The zero-order valence-corrected chi connectivity index (χ0v) is 8.28. The van der Waals surface area contributed by atoms with E-state index in [-0.39, 0.29) is 5.69 Å². The average molecular weight is 222 g/mol. The van der Waals surface area contributed by atoms with Crippen LogP contribution in [0, 0.1) is 12.7 Å². The number of amides is 4. The van der Waals surface area contributed by atoms with Gasteiger partial charge < -0.3 is 0 Å². The van der Waals surface area contributed by atoms with Crippen molar-refractivity contribution in [1.29, 1.82) is 0 Å². The minimum Gasteiger partial charge on any atom is -0.269 e. The molecular weight excluding hydrogens is 215 g/mol. The molecule has 0 aliphatic carbocycles. The number of imide groups is 2. The molecular formula is C10H7FN2O3. The maximum atomic E-state index is 13.0. The predicted octanol–water partition coefficient (Wildman–Crippen LogP) is 0.717. The number of hydrogen-bond donors (Lipinski definition) is 1. The molecule has 1 aromatic rings. The van der Waals surface area contributed by atoms with Gasteiger partial charge in [0.15, 0.2) is 0 Å². The van der Waals surface area contributed by atoms with Gasteiger partial charge in [0.05, 0.1) is 5.69 Å². The molecule has 0 aromatic heterocycles. The largest absolute Gasteiger partial charge is 0.336 e. The second kappa shape index (κ2) is 3.41. The lowest BCUT2D eigenvalue weighted by Crippen LogP contribution is -2.31. The smallest absolute Gasteiger partial charge is 0.269 e. The van der Waals surface area contributed by atoms with Gasteiger partial charge >= 0.3 is 17.8 Å². The number of carbonyl (C=O) groups excluding carboxylic acids is 3. The van der Waals surface area contributed by atoms with Crippen molar-refractivity contribution in [3.05, 3.63) is 29.6 Å². The SMILES string of the molecule is Cc1ccc(F)cc1N1C(=O)NC(=O)C1=O. The second-order valence-corrected chi connectivity index (χ2v) is 3.33. The molecule has 1 aromatic carbocycles. The molecule has 0 radical (unpaired) electrons. The van der Waals surface area contributed by atoms with Crippen LogP contribution in [0.1, 0.15) is 5.56 Å². The van der Waals surface area contributed by atoms with Crippen molar-refractivity contribution in [2.75, 3.05) is 4.90 Å². The third-order valence-corrected chi connectivity index (χ3v) is 2.23. The van der Waals surface area contributed by atoms with E-state index in [4.69, 9.17) is 0 Å². The first-order chi connectivity index (χ1) is 7.50. The van der Waals surface area contributed by atoms with E-state index in [0.29, 0.717) is 10.5 Å². The number of aryl methyl sites for hydroxylation is 1. The molecule has 1 aliphatic rings. The zero-order chi connectivity index (χ0) is 11.9. The molecule has 5 nitrogen and oxygen atoms in total. The van der Waals surface area contributed by atoms with Crippen LogP contribution in [0.4, 0.5) is 14.9 Å².